The van der Waals surface area contributed by atoms with E-state index in [9.17, 15) is 19.5 Å². The quantitative estimate of drug-likeness (QED) is 0.0918. The van der Waals surface area contributed by atoms with Gasteiger partial charge in [-0.25, -0.2) is 10.6 Å². The molecule has 0 spiro atoms. The van der Waals surface area contributed by atoms with Crippen LogP contribution in [0, 0.1) is 11.3 Å². The Balaban J connectivity index is 2.07. The van der Waals surface area contributed by atoms with Gasteiger partial charge in [-0.3, -0.25) is 19.5 Å². The van der Waals surface area contributed by atoms with Gasteiger partial charge in [-0.05, 0) is 5.57 Å². The third-order valence-electron chi connectivity index (χ3n) is 3.75. The van der Waals surface area contributed by atoms with Gasteiger partial charge < -0.3 is 16.3 Å². The number of amides is 2. The molecule has 2 aliphatic heterocycles. The van der Waals surface area contributed by atoms with Gasteiger partial charge in [0.15, 0.2) is 5.17 Å². The van der Waals surface area contributed by atoms with Crippen LogP contribution in [0.1, 0.15) is 0 Å². The number of thioether (sulfide) groups is 3. The number of hydrogen-bond donors (Lipinski definition) is 4. The fourth-order valence-electron chi connectivity index (χ4n) is 2.58. The number of amidine groups is 1. The summed E-state index contributed by atoms with van der Waals surface area (Å²) in [7, 11) is 1.55. The fraction of sp³-hybridized carbons (Fsp3) is 0.500. The Kier molecular flexibility index (Phi) is 7.87. The predicted octanol–water partition coefficient (Wildman–Crippen LogP) is -1.25. The number of hydrazone groups is 1. The molecule has 2 rings (SSSR count). The van der Waals surface area contributed by atoms with Crippen molar-refractivity contribution in [3.63, 3.8) is 0 Å². The van der Waals surface area contributed by atoms with Gasteiger partial charge in [-0.15, -0.1) is 23.5 Å². The van der Waals surface area contributed by atoms with Crippen molar-refractivity contribution in [2.45, 2.75) is 11.4 Å². The van der Waals surface area contributed by atoms with Gasteiger partial charge in [-0.2, -0.15) is 10.4 Å². The molecule has 2 heterocycles. The molecule has 0 aliphatic carbocycles. The number of nitrogens with two attached hydrogens (primary N) is 2. The van der Waals surface area contributed by atoms with Crippen LogP contribution in [0.5, 0.6) is 0 Å². The van der Waals surface area contributed by atoms with Crippen LogP contribution >= 0.6 is 35.3 Å². The molecule has 0 saturated carbocycles. The molecule has 0 radical (unpaired) electrons. The Bertz CT molecular complexity index is 765. The topological polar surface area (TPSA) is 178 Å². The Morgan fingerprint density at radius 1 is 1.57 bits per heavy atom. The second-order valence-corrected chi connectivity index (χ2v) is 8.71. The molecule has 0 aromatic rings. The highest BCUT2D eigenvalue weighted by Gasteiger charge is 2.54. The lowest BCUT2D eigenvalue weighted by molar-refractivity contribution is -0.150. The molecule has 1 saturated heterocycles. The monoisotopic (exact) mass is 445 g/mol. The third kappa shape index (κ3) is 4.85. The van der Waals surface area contributed by atoms with Crippen LogP contribution in [-0.4, -0.2) is 79.4 Å². The van der Waals surface area contributed by atoms with E-state index in [2.05, 4.69) is 10.4 Å². The molecule has 0 aromatic heterocycles. The zero-order valence-corrected chi connectivity index (χ0v) is 17.3. The zero-order chi connectivity index (χ0) is 20.8. The van der Waals surface area contributed by atoms with E-state index in [-0.39, 0.29) is 28.9 Å². The van der Waals surface area contributed by atoms with Gasteiger partial charge in [0.05, 0.1) is 17.6 Å². The first-order valence-corrected chi connectivity index (χ1v) is 11.0. The van der Waals surface area contributed by atoms with E-state index < -0.39 is 23.3 Å². The minimum Gasteiger partial charge on any atom is -0.477 e. The van der Waals surface area contributed by atoms with E-state index in [1.54, 1.807) is 7.05 Å². The molecule has 2 atom stereocenters. The summed E-state index contributed by atoms with van der Waals surface area (Å²) in [6, 6.07) is 1.14. The van der Waals surface area contributed by atoms with Crippen molar-refractivity contribution < 1.29 is 19.5 Å². The van der Waals surface area contributed by atoms with Gasteiger partial charge in [-0.1, -0.05) is 11.8 Å². The smallest absolute Gasteiger partial charge is 0.352 e. The van der Waals surface area contributed by atoms with Crippen molar-refractivity contribution >= 4 is 58.2 Å². The summed E-state index contributed by atoms with van der Waals surface area (Å²) >= 11 is 3.68. The largest absolute Gasteiger partial charge is 0.477 e. The first-order valence-electron chi connectivity index (χ1n) is 7.85. The second-order valence-electron chi connectivity index (χ2n) is 5.67. The van der Waals surface area contributed by atoms with Crippen LogP contribution in [0.25, 0.3) is 0 Å². The maximum atomic E-state index is 12.5. The summed E-state index contributed by atoms with van der Waals surface area (Å²) < 4.78 is 0. The summed E-state index contributed by atoms with van der Waals surface area (Å²) in [4.78, 5) is 37.4. The summed E-state index contributed by atoms with van der Waals surface area (Å²) in [5.74, 6) is 9.67. The number of nitriles is 1. The molecule has 2 unspecified atom stereocenters. The summed E-state index contributed by atoms with van der Waals surface area (Å²) in [5, 5.41) is 25.3. The van der Waals surface area contributed by atoms with E-state index in [4.69, 9.17) is 16.9 Å². The Morgan fingerprint density at radius 3 is 2.86 bits per heavy atom. The summed E-state index contributed by atoms with van der Waals surface area (Å²) in [6.07, 6.45) is 0. The lowest BCUT2D eigenvalue weighted by Crippen LogP contribution is -2.70. The molecule has 6 N–H and O–H groups in total. The Morgan fingerprint density at radius 2 is 2.29 bits per heavy atom. The molecule has 11 nitrogen and oxygen atoms in total. The van der Waals surface area contributed by atoms with Gasteiger partial charge in [0.25, 0.3) is 5.91 Å². The molecule has 1 fully saturated rings. The van der Waals surface area contributed by atoms with Crippen molar-refractivity contribution in [1.82, 2.24) is 15.2 Å². The predicted molar refractivity (Wildman–Crippen MR) is 109 cm³/mol. The summed E-state index contributed by atoms with van der Waals surface area (Å²) in [5.41, 5.74) is 0.464. The van der Waals surface area contributed by atoms with Crippen LogP contribution in [0.4, 0.5) is 0 Å². The number of rotatable bonds is 7. The molecule has 28 heavy (non-hydrogen) atoms. The number of nitrogens with zero attached hydrogens (tertiary/aromatic N) is 4. The van der Waals surface area contributed by atoms with Crippen LogP contribution in [0.15, 0.2) is 16.4 Å². The van der Waals surface area contributed by atoms with Crippen molar-refractivity contribution in [2.75, 3.05) is 30.1 Å². The average molecular weight is 446 g/mol. The highest BCUT2D eigenvalue weighted by atomic mass is 32.2. The number of carbonyl (C=O) groups excluding carboxylic acids is 2. The van der Waals surface area contributed by atoms with E-state index in [0.29, 0.717) is 16.5 Å². The maximum absolute atomic E-state index is 12.5. The van der Waals surface area contributed by atoms with Crippen LogP contribution in [0.3, 0.4) is 0 Å². The number of hydrazine groups is 1. The van der Waals surface area contributed by atoms with Gasteiger partial charge in [0.2, 0.25) is 5.91 Å². The minimum atomic E-state index is -1.21. The number of hydrogen-bond acceptors (Lipinski definition) is 10. The average Bonchev–Trinajstić information content (AvgIpc) is 2.65. The number of carbonyl (C=O) groups is 3. The maximum Gasteiger partial charge on any atom is 0.352 e. The SMILES string of the molecule is CN(N)/C(=N\N)SCC1=C(C(=O)O)N2C(=O)C(NC(=O)CSCC#N)C2SC1. The first kappa shape index (κ1) is 22.2. The second kappa shape index (κ2) is 9.92. The van der Waals surface area contributed by atoms with E-state index in [1.807, 2.05) is 6.07 Å². The first-order chi connectivity index (χ1) is 13.3. The van der Waals surface area contributed by atoms with Crippen LogP contribution in [0.2, 0.25) is 0 Å². The number of carboxylic acid groups (broad SMARTS) is 1. The van der Waals surface area contributed by atoms with E-state index in [1.165, 1.54) is 21.7 Å². The normalized spacial score (nSPS) is 21.5. The lowest BCUT2D eigenvalue weighted by atomic mass is 10.0. The van der Waals surface area contributed by atoms with Crippen molar-refractivity contribution in [1.29, 1.82) is 5.26 Å². The van der Waals surface area contributed by atoms with E-state index in [0.717, 1.165) is 23.5 Å². The molecule has 14 heteroatoms. The minimum absolute atomic E-state index is 0.0616. The highest BCUT2D eigenvalue weighted by molar-refractivity contribution is 8.14. The molecule has 2 amide bonds. The number of fused-ring (bicyclic) bond motifs is 1. The molecule has 152 valence electrons. The van der Waals surface area contributed by atoms with E-state index >= 15 is 0 Å². The van der Waals surface area contributed by atoms with Crippen LogP contribution < -0.4 is 17.0 Å². The third-order valence-corrected chi connectivity index (χ3v) is 7.04. The molecular weight excluding hydrogens is 426 g/mol. The number of nitrogens with one attached hydrogen (secondary N) is 1. The Labute approximate surface area is 173 Å². The zero-order valence-electron chi connectivity index (χ0n) is 14.8. The van der Waals surface area contributed by atoms with Crippen molar-refractivity contribution in [3.05, 3.63) is 11.3 Å². The standard InChI is InChI=1S/C14H19N7O4S3/c1-20(17)14(19-16)28-5-7-4-27-12-9(18-8(22)6-26-3-2-15)11(23)21(12)10(7)13(24)25/h9,12H,3-6,16-17H2,1H3,(H,18,22)(H,24,25)/b19-14+. The number of β-lactam (4-membered cyclic amide) rings is 1. The fourth-order valence-corrected chi connectivity index (χ4v) is 5.34. The molecule has 0 bridgehead atoms. The Hall–Kier alpha value is -2.08. The van der Waals surface area contributed by atoms with Crippen molar-refractivity contribution in [3.8, 4) is 6.07 Å². The number of carboxylic acids is 1. The van der Waals surface area contributed by atoms with Gasteiger partial charge in [0, 0.05) is 18.6 Å². The van der Waals surface area contributed by atoms with Crippen molar-refractivity contribution in [2.24, 2.45) is 16.8 Å². The van der Waals surface area contributed by atoms with Crippen LogP contribution in [-0.2, 0) is 14.4 Å². The number of aliphatic carboxylic acids is 1. The molecule has 0 aromatic carbocycles. The van der Waals surface area contributed by atoms with Gasteiger partial charge >= 0.3 is 5.97 Å². The lowest BCUT2D eigenvalue weighted by Gasteiger charge is -2.49. The molecule has 2 aliphatic rings. The highest BCUT2D eigenvalue weighted by Crippen LogP contribution is 2.41. The van der Waals surface area contributed by atoms with Gasteiger partial charge in [0.1, 0.15) is 17.1 Å². The summed E-state index contributed by atoms with van der Waals surface area (Å²) in [6.45, 7) is 0. The molecular formula is C14H19N7O4S3.